The first kappa shape index (κ1) is 31.5. The highest BCUT2D eigenvalue weighted by Crippen LogP contribution is 2.06. The highest BCUT2D eigenvalue weighted by atomic mass is 16.5. The predicted molar refractivity (Wildman–Crippen MR) is 112 cm³/mol. The molecule has 0 radical (unpaired) electrons. The third-order valence-electron chi connectivity index (χ3n) is 2.24. The molecule has 0 aliphatic carbocycles. The highest BCUT2D eigenvalue weighted by Gasteiger charge is 2.04. The van der Waals surface area contributed by atoms with Gasteiger partial charge in [-0.05, 0) is 53.2 Å². The molecule has 0 rings (SSSR count). The molecule has 0 aromatic heterocycles. The van der Waals surface area contributed by atoms with E-state index < -0.39 is 0 Å². The second-order valence-corrected chi connectivity index (χ2v) is 6.05. The van der Waals surface area contributed by atoms with Crippen molar-refractivity contribution in [1.82, 2.24) is 5.32 Å². The zero-order valence-electron chi connectivity index (χ0n) is 17.9. The maximum absolute atomic E-state index is 9.34. The average Bonchev–Trinajstić information content (AvgIpc) is 2.55. The second kappa shape index (κ2) is 27.6. The molecule has 4 nitrogen and oxygen atoms in total. The number of ether oxygens (including phenoxy) is 1. The van der Waals surface area contributed by atoms with E-state index in [2.05, 4.69) is 25.7 Å². The van der Waals surface area contributed by atoms with E-state index in [0.717, 1.165) is 19.1 Å². The third-order valence-corrected chi connectivity index (χ3v) is 2.24. The minimum Gasteiger partial charge on any atom is -0.396 e. The van der Waals surface area contributed by atoms with Gasteiger partial charge in [-0.2, -0.15) is 0 Å². The van der Waals surface area contributed by atoms with Gasteiger partial charge in [0.15, 0.2) is 0 Å². The summed E-state index contributed by atoms with van der Waals surface area (Å²) in [6.45, 7) is 16.6. The summed E-state index contributed by atoms with van der Waals surface area (Å²) in [5, 5.41) is 11.2. The fraction of sp³-hybridized carbons (Fsp3) is 0.667. The molecule has 0 heterocycles. The molecule has 150 valence electrons. The number of allylic oxidation sites excluding steroid dienone is 5. The number of hydrogen-bond donors (Lipinski definition) is 2. The molecular weight excluding hydrogens is 314 g/mol. The standard InChI is InChI=1S/C10H16O.C5H12O.C3H7NO.C3H8/c1-3-6-10(7-4-2)8-5-9-11;1-5(2,3)6-4;1-4-2-3-5;1-3-2/h3-4,6-7,11H,1,5,8-9H2,2H3;1-4H3;3-4H,2H2,1H3;3H2,1-2H3/b7-4-,10-6+;;;. The first-order valence-electron chi connectivity index (χ1n) is 8.92. The lowest BCUT2D eigenvalue weighted by molar-refractivity contribution is -0.107. The normalized spacial score (nSPS) is 10.5. The second-order valence-electron chi connectivity index (χ2n) is 6.05. The summed E-state index contributed by atoms with van der Waals surface area (Å²) in [5.74, 6) is 0. The van der Waals surface area contributed by atoms with E-state index >= 15 is 0 Å². The van der Waals surface area contributed by atoms with E-state index in [-0.39, 0.29) is 12.2 Å². The van der Waals surface area contributed by atoms with Crippen molar-refractivity contribution in [2.75, 3.05) is 27.3 Å². The van der Waals surface area contributed by atoms with Crippen molar-refractivity contribution in [1.29, 1.82) is 0 Å². The van der Waals surface area contributed by atoms with Crippen LogP contribution in [0.2, 0.25) is 0 Å². The Morgan fingerprint density at radius 1 is 1.28 bits per heavy atom. The summed E-state index contributed by atoms with van der Waals surface area (Å²) in [6.07, 6.45) is 11.6. The van der Waals surface area contributed by atoms with Gasteiger partial charge in [0.1, 0.15) is 6.29 Å². The van der Waals surface area contributed by atoms with Crippen LogP contribution < -0.4 is 5.32 Å². The van der Waals surface area contributed by atoms with Gasteiger partial charge < -0.3 is 20.0 Å². The number of methoxy groups -OCH3 is 1. The van der Waals surface area contributed by atoms with Crippen molar-refractivity contribution in [2.24, 2.45) is 0 Å². The molecule has 0 amide bonds. The lowest BCUT2D eigenvalue weighted by Gasteiger charge is -2.14. The molecule has 0 fully saturated rings. The number of nitrogens with one attached hydrogen (secondary N) is 1. The van der Waals surface area contributed by atoms with Gasteiger partial charge in [0.2, 0.25) is 0 Å². The zero-order valence-corrected chi connectivity index (χ0v) is 17.9. The van der Waals surface area contributed by atoms with E-state index in [1.54, 1.807) is 20.2 Å². The molecule has 2 N–H and O–H groups in total. The van der Waals surface area contributed by atoms with Gasteiger partial charge in [0.25, 0.3) is 0 Å². The van der Waals surface area contributed by atoms with Crippen molar-refractivity contribution in [3.8, 4) is 0 Å². The van der Waals surface area contributed by atoms with Gasteiger partial charge in [0.05, 0.1) is 12.1 Å². The largest absolute Gasteiger partial charge is 0.396 e. The van der Waals surface area contributed by atoms with Crippen molar-refractivity contribution >= 4 is 6.29 Å². The fourth-order valence-electron chi connectivity index (χ4n) is 0.954. The summed E-state index contributed by atoms with van der Waals surface area (Å²) >= 11 is 0. The minimum atomic E-state index is 0.0417. The van der Waals surface area contributed by atoms with Crippen molar-refractivity contribution < 1.29 is 14.6 Å². The lowest BCUT2D eigenvalue weighted by atomic mass is 10.1. The topological polar surface area (TPSA) is 58.6 Å². The number of aliphatic hydroxyl groups is 1. The molecule has 0 aromatic carbocycles. The molecule has 0 saturated carbocycles. The van der Waals surface area contributed by atoms with Crippen LogP contribution in [0.15, 0.2) is 36.5 Å². The van der Waals surface area contributed by atoms with Gasteiger partial charge >= 0.3 is 0 Å². The molecule has 0 spiro atoms. The highest BCUT2D eigenvalue weighted by molar-refractivity contribution is 5.51. The molecule has 25 heavy (non-hydrogen) atoms. The number of aliphatic hydroxyl groups excluding tert-OH is 1. The fourth-order valence-corrected chi connectivity index (χ4v) is 0.954. The summed E-state index contributed by atoms with van der Waals surface area (Å²) in [7, 11) is 3.44. The Bertz CT molecular complexity index is 316. The Morgan fingerprint density at radius 2 is 1.76 bits per heavy atom. The van der Waals surface area contributed by atoms with Crippen LogP contribution in [0.3, 0.4) is 0 Å². The SMILES string of the molecule is C=C/C=C(\C=C/C)CCCO.CCC.CNCC=O.COC(C)(C)C. The van der Waals surface area contributed by atoms with Crippen molar-refractivity contribution in [3.05, 3.63) is 36.5 Å². The van der Waals surface area contributed by atoms with Crippen LogP contribution in [-0.2, 0) is 9.53 Å². The first-order valence-corrected chi connectivity index (χ1v) is 8.92. The molecule has 0 aliphatic rings. The van der Waals surface area contributed by atoms with E-state index in [0.29, 0.717) is 6.54 Å². The Kier molecular flexibility index (Phi) is 34.8. The van der Waals surface area contributed by atoms with E-state index in [1.165, 1.54) is 12.0 Å². The maximum atomic E-state index is 9.34. The van der Waals surface area contributed by atoms with Gasteiger partial charge in [-0.1, -0.05) is 51.2 Å². The Morgan fingerprint density at radius 3 is 1.96 bits per heavy atom. The number of hydrogen-bond acceptors (Lipinski definition) is 4. The van der Waals surface area contributed by atoms with Crippen molar-refractivity contribution in [2.45, 2.75) is 66.4 Å². The molecule has 0 bridgehead atoms. The maximum Gasteiger partial charge on any atom is 0.133 e. The van der Waals surface area contributed by atoms with Crippen LogP contribution >= 0.6 is 0 Å². The molecule has 0 saturated heterocycles. The van der Waals surface area contributed by atoms with Crippen LogP contribution in [0.5, 0.6) is 0 Å². The van der Waals surface area contributed by atoms with Gasteiger partial charge in [-0.25, -0.2) is 0 Å². The van der Waals surface area contributed by atoms with Gasteiger partial charge in [-0.3, -0.25) is 0 Å². The monoisotopic (exact) mass is 357 g/mol. The molecule has 4 heteroatoms. The summed E-state index contributed by atoms with van der Waals surface area (Å²) in [6, 6.07) is 0. The molecule has 0 aromatic rings. The number of likely N-dealkylation sites (N-methyl/N-ethyl adjacent to an activating group) is 1. The molecule has 0 unspecified atom stereocenters. The van der Waals surface area contributed by atoms with Crippen LogP contribution in [0, 0.1) is 0 Å². The Labute approximate surface area is 157 Å². The molecule has 0 atom stereocenters. The minimum absolute atomic E-state index is 0.0417. The van der Waals surface area contributed by atoms with E-state index in [1.807, 2.05) is 45.9 Å². The number of rotatable bonds is 7. The number of aldehydes is 1. The lowest BCUT2D eigenvalue weighted by Crippen LogP contribution is -2.15. The van der Waals surface area contributed by atoms with E-state index in [9.17, 15) is 4.79 Å². The van der Waals surface area contributed by atoms with Crippen LogP contribution in [-0.4, -0.2) is 44.3 Å². The summed E-state index contributed by atoms with van der Waals surface area (Å²) < 4.78 is 4.94. The van der Waals surface area contributed by atoms with Gasteiger partial charge in [0, 0.05) is 13.7 Å². The van der Waals surface area contributed by atoms with Gasteiger partial charge in [-0.15, -0.1) is 0 Å². The van der Waals surface area contributed by atoms with Crippen LogP contribution in [0.1, 0.15) is 60.8 Å². The Balaban J connectivity index is -0.000000133. The number of carbonyl (C=O) groups excluding carboxylic acids is 1. The summed E-state index contributed by atoms with van der Waals surface area (Å²) in [4.78, 5) is 9.34. The Hall–Kier alpha value is -1.23. The van der Waals surface area contributed by atoms with Crippen molar-refractivity contribution in [3.63, 3.8) is 0 Å². The van der Waals surface area contributed by atoms with E-state index in [4.69, 9.17) is 9.84 Å². The summed E-state index contributed by atoms with van der Waals surface area (Å²) in [5.41, 5.74) is 1.26. The first-order chi connectivity index (χ1) is 11.7. The molecule has 0 aliphatic heterocycles. The van der Waals surface area contributed by atoms with Crippen LogP contribution in [0.4, 0.5) is 0 Å². The molecular formula is C21H43NO3. The quantitative estimate of drug-likeness (QED) is 0.512. The number of carbonyl (C=O) groups is 1. The smallest absolute Gasteiger partial charge is 0.133 e. The zero-order chi connectivity index (χ0) is 20.6. The average molecular weight is 358 g/mol. The third kappa shape index (κ3) is 51.8. The predicted octanol–water partition coefficient (Wildman–Crippen LogP) is 4.70. The van der Waals surface area contributed by atoms with Crippen LogP contribution in [0.25, 0.3) is 0 Å².